The zero-order chi connectivity index (χ0) is 14.8. The van der Waals surface area contributed by atoms with Crippen LogP contribution in [0.5, 0.6) is 5.75 Å². The summed E-state index contributed by atoms with van der Waals surface area (Å²) in [5.74, 6) is 0.546. The molecule has 1 atom stereocenters. The standard InChI is InChI=1S/C16H19N3O2/c1-3-19-15(13(21-2)10-18-19)16(20)14-12-7-5-4-6-11(12)8-9-17-14/h4-7,10,14,17H,3,8-9H2,1-2H3. The van der Waals surface area contributed by atoms with E-state index in [9.17, 15) is 4.79 Å². The number of ether oxygens (including phenoxy) is 1. The fourth-order valence-corrected chi connectivity index (χ4v) is 2.88. The van der Waals surface area contributed by atoms with Gasteiger partial charge in [-0.25, -0.2) is 0 Å². The molecule has 0 aliphatic carbocycles. The van der Waals surface area contributed by atoms with Gasteiger partial charge in [-0.2, -0.15) is 5.10 Å². The summed E-state index contributed by atoms with van der Waals surface area (Å²) in [6.45, 7) is 3.40. The minimum atomic E-state index is -0.328. The molecule has 1 unspecified atom stereocenters. The van der Waals surface area contributed by atoms with E-state index in [1.54, 1.807) is 18.0 Å². The van der Waals surface area contributed by atoms with Gasteiger partial charge in [0.2, 0.25) is 5.78 Å². The van der Waals surface area contributed by atoms with E-state index in [1.807, 2.05) is 25.1 Å². The summed E-state index contributed by atoms with van der Waals surface area (Å²) >= 11 is 0. The quantitative estimate of drug-likeness (QED) is 0.873. The Morgan fingerprint density at radius 1 is 1.48 bits per heavy atom. The number of aryl methyl sites for hydroxylation is 1. The fourth-order valence-electron chi connectivity index (χ4n) is 2.88. The Morgan fingerprint density at radius 2 is 2.29 bits per heavy atom. The molecule has 0 spiro atoms. The molecule has 2 aromatic rings. The molecule has 3 rings (SSSR count). The lowest BCUT2D eigenvalue weighted by Gasteiger charge is -2.26. The van der Waals surface area contributed by atoms with Crippen LogP contribution < -0.4 is 10.1 Å². The van der Waals surface area contributed by atoms with E-state index in [1.165, 1.54) is 5.56 Å². The summed E-state index contributed by atoms with van der Waals surface area (Å²) in [7, 11) is 1.57. The second kappa shape index (κ2) is 5.69. The number of ketones is 1. The molecule has 0 saturated heterocycles. The van der Waals surface area contributed by atoms with Crippen LogP contribution in [0.4, 0.5) is 0 Å². The van der Waals surface area contributed by atoms with Gasteiger partial charge in [-0.05, 0) is 24.5 Å². The monoisotopic (exact) mass is 285 g/mol. The number of hydrogen-bond acceptors (Lipinski definition) is 4. The first kappa shape index (κ1) is 13.8. The first-order valence-electron chi connectivity index (χ1n) is 7.21. The van der Waals surface area contributed by atoms with Crippen molar-refractivity contribution in [2.75, 3.05) is 13.7 Å². The maximum atomic E-state index is 13.0. The highest BCUT2D eigenvalue weighted by Crippen LogP contribution is 2.29. The highest BCUT2D eigenvalue weighted by Gasteiger charge is 2.31. The van der Waals surface area contributed by atoms with Crippen LogP contribution >= 0.6 is 0 Å². The number of aromatic nitrogens is 2. The minimum Gasteiger partial charge on any atom is -0.493 e. The summed E-state index contributed by atoms with van der Waals surface area (Å²) in [5, 5.41) is 7.54. The molecule has 5 heteroatoms. The SMILES string of the molecule is CCn1ncc(OC)c1C(=O)C1NCCc2ccccc21. The van der Waals surface area contributed by atoms with Crippen molar-refractivity contribution >= 4 is 5.78 Å². The van der Waals surface area contributed by atoms with Crippen molar-refractivity contribution in [2.24, 2.45) is 0 Å². The Morgan fingerprint density at radius 3 is 3.05 bits per heavy atom. The third-order valence-electron chi connectivity index (χ3n) is 3.93. The van der Waals surface area contributed by atoms with Gasteiger partial charge < -0.3 is 10.1 Å². The van der Waals surface area contributed by atoms with Crippen molar-refractivity contribution in [3.05, 3.63) is 47.3 Å². The van der Waals surface area contributed by atoms with Crippen molar-refractivity contribution in [2.45, 2.75) is 25.9 Å². The lowest BCUT2D eigenvalue weighted by molar-refractivity contribution is 0.0925. The predicted molar refractivity (Wildman–Crippen MR) is 79.7 cm³/mol. The topological polar surface area (TPSA) is 56.2 Å². The van der Waals surface area contributed by atoms with Crippen molar-refractivity contribution in [3.8, 4) is 5.75 Å². The Kier molecular flexibility index (Phi) is 3.75. The van der Waals surface area contributed by atoms with E-state index in [0.29, 0.717) is 18.0 Å². The van der Waals surface area contributed by atoms with Crippen molar-refractivity contribution in [1.82, 2.24) is 15.1 Å². The Balaban J connectivity index is 2.02. The molecule has 0 saturated carbocycles. The zero-order valence-corrected chi connectivity index (χ0v) is 12.3. The van der Waals surface area contributed by atoms with Crippen LogP contribution in [0.2, 0.25) is 0 Å². The van der Waals surface area contributed by atoms with Gasteiger partial charge in [0.05, 0.1) is 19.3 Å². The van der Waals surface area contributed by atoms with Gasteiger partial charge in [0.1, 0.15) is 5.69 Å². The van der Waals surface area contributed by atoms with Crippen LogP contribution in [-0.4, -0.2) is 29.2 Å². The number of Topliss-reactive ketones (excluding diaryl/α,β-unsaturated/α-hetero) is 1. The number of carbonyl (C=O) groups excluding carboxylic acids is 1. The lowest BCUT2D eigenvalue weighted by atomic mass is 9.91. The summed E-state index contributed by atoms with van der Waals surface area (Å²) in [6.07, 6.45) is 2.55. The molecule has 0 fully saturated rings. The average molecular weight is 285 g/mol. The van der Waals surface area contributed by atoms with Crippen LogP contribution in [0.25, 0.3) is 0 Å². The highest BCUT2D eigenvalue weighted by atomic mass is 16.5. The first-order chi connectivity index (χ1) is 10.3. The number of benzene rings is 1. The molecule has 0 amide bonds. The lowest BCUT2D eigenvalue weighted by Crippen LogP contribution is -2.36. The van der Waals surface area contributed by atoms with Crippen LogP contribution in [0, 0.1) is 0 Å². The fraction of sp³-hybridized carbons (Fsp3) is 0.375. The molecule has 1 aromatic carbocycles. The Hall–Kier alpha value is -2.14. The molecule has 21 heavy (non-hydrogen) atoms. The van der Waals surface area contributed by atoms with E-state index in [2.05, 4.69) is 16.5 Å². The number of nitrogens with one attached hydrogen (secondary N) is 1. The zero-order valence-electron chi connectivity index (χ0n) is 12.3. The molecule has 1 aromatic heterocycles. The third kappa shape index (κ3) is 2.34. The summed E-state index contributed by atoms with van der Waals surface area (Å²) < 4.78 is 6.99. The van der Waals surface area contributed by atoms with Gasteiger partial charge in [0, 0.05) is 13.1 Å². The smallest absolute Gasteiger partial charge is 0.206 e. The number of methoxy groups -OCH3 is 1. The van der Waals surface area contributed by atoms with Gasteiger partial charge in [-0.1, -0.05) is 24.3 Å². The van der Waals surface area contributed by atoms with Crippen LogP contribution in [0.15, 0.2) is 30.5 Å². The second-order valence-corrected chi connectivity index (χ2v) is 5.08. The molecular formula is C16H19N3O2. The number of fused-ring (bicyclic) bond motifs is 1. The summed E-state index contributed by atoms with van der Waals surface area (Å²) in [5.41, 5.74) is 2.82. The maximum absolute atomic E-state index is 13.0. The van der Waals surface area contributed by atoms with Gasteiger partial charge in [0.25, 0.3) is 0 Å². The van der Waals surface area contributed by atoms with E-state index >= 15 is 0 Å². The van der Waals surface area contributed by atoms with Gasteiger partial charge in [-0.15, -0.1) is 0 Å². The van der Waals surface area contributed by atoms with E-state index in [-0.39, 0.29) is 11.8 Å². The third-order valence-corrected chi connectivity index (χ3v) is 3.93. The van der Waals surface area contributed by atoms with Crippen LogP contribution in [-0.2, 0) is 13.0 Å². The average Bonchev–Trinajstić information content (AvgIpc) is 2.96. The number of hydrogen-bond donors (Lipinski definition) is 1. The molecule has 1 N–H and O–H groups in total. The second-order valence-electron chi connectivity index (χ2n) is 5.08. The van der Waals surface area contributed by atoms with E-state index in [0.717, 1.165) is 18.5 Å². The predicted octanol–water partition coefficient (Wildman–Crippen LogP) is 1.98. The summed E-state index contributed by atoms with van der Waals surface area (Å²) in [6, 6.07) is 7.77. The molecule has 110 valence electrons. The number of nitrogens with zero attached hydrogens (tertiary/aromatic N) is 2. The molecule has 0 bridgehead atoms. The molecule has 1 aliphatic rings. The molecule has 5 nitrogen and oxygen atoms in total. The molecular weight excluding hydrogens is 266 g/mol. The van der Waals surface area contributed by atoms with Gasteiger partial charge >= 0.3 is 0 Å². The molecule has 1 aliphatic heterocycles. The van der Waals surface area contributed by atoms with Crippen molar-refractivity contribution in [3.63, 3.8) is 0 Å². The number of carbonyl (C=O) groups is 1. The van der Waals surface area contributed by atoms with E-state index in [4.69, 9.17) is 4.74 Å². The largest absolute Gasteiger partial charge is 0.493 e. The Labute approximate surface area is 123 Å². The van der Waals surface area contributed by atoms with E-state index < -0.39 is 0 Å². The van der Waals surface area contributed by atoms with Crippen LogP contribution in [0.3, 0.4) is 0 Å². The first-order valence-corrected chi connectivity index (χ1v) is 7.21. The summed E-state index contributed by atoms with van der Waals surface area (Å²) in [4.78, 5) is 13.0. The number of rotatable bonds is 4. The molecule has 0 radical (unpaired) electrons. The molecule has 2 heterocycles. The normalized spacial score (nSPS) is 17.3. The van der Waals surface area contributed by atoms with Crippen LogP contribution in [0.1, 0.15) is 34.6 Å². The minimum absolute atomic E-state index is 0.0124. The van der Waals surface area contributed by atoms with Gasteiger partial charge in [-0.3, -0.25) is 9.48 Å². The highest BCUT2D eigenvalue weighted by molar-refractivity contribution is 6.01. The maximum Gasteiger partial charge on any atom is 0.206 e. The van der Waals surface area contributed by atoms with Crippen molar-refractivity contribution < 1.29 is 9.53 Å². The van der Waals surface area contributed by atoms with Gasteiger partial charge in [0.15, 0.2) is 5.75 Å². The van der Waals surface area contributed by atoms with Crippen molar-refractivity contribution in [1.29, 1.82) is 0 Å². The Bertz CT molecular complexity index is 642.